The fraction of sp³-hybridized carbons (Fsp3) is 0.0476. The zero-order chi connectivity index (χ0) is 20.5. The molecule has 8 heteroatoms. The van der Waals surface area contributed by atoms with Crippen molar-refractivity contribution in [3.8, 4) is 11.3 Å². The number of nitrogens with one attached hydrogen (secondary N) is 1. The summed E-state index contributed by atoms with van der Waals surface area (Å²) in [6.07, 6.45) is 3.23. The van der Waals surface area contributed by atoms with Gasteiger partial charge in [-0.15, -0.1) is 0 Å². The van der Waals surface area contributed by atoms with E-state index in [1.165, 1.54) is 18.2 Å². The topological polar surface area (TPSA) is 102 Å². The zero-order valence-corrected chi connectivity index (χ0v) is 16.4. The number of carbonyl (C=O) groups is 2. The lowest BCUT2D eigenvalue weighted by Crippen LogP contribution is -2.03. The van der Waals surface area contributed by atoms with Crippen LogP contribution in [0.25, 0.3) is 17.4 Å². The molecule has 0 saturated heterocycles. The molecule has 1 aromatic heterocycles. The van der Waals surface area contributed by atoms with Gasteiger partial charge in [-0.2, -0.15) is 0 Å². The minimum Gasteiger partial charge on any atom is -0.457 e. The average molecular weight is 453 g/mol. The normalized spacial score (nSPS) is 12.8. The SMILES string of the molecule is O=C1Cc2cc(C(=O)/C=C/c3ccc(-c4ccc([N+](=O)[O-])cc4Br)o3)ccc2N1. The fourth-order valence-electron chi connectivity index (χ4n) is 3.04. The molecule has 0 unspecified atom stereocenters. The summed E-state index contributed by atoms with van der Waals surface area (Å²) in [6, 6.07) is 12.9. The van der Waals surface area contributed by atoms with Gasteiger partial charge in [0.2, 0.25) is 5.91 Å². The maximum absolute atomic E-state index is 12.4. The second-order valence-corrected chi connectivity index (χ2v) is 7.27. The molecule has 1 N–H and O–H groups in total. The number of nitro benzene ring substituents is 1. The van der Waals surface area contributed by atoms with E-state index >= 15 is 0 Å². The van der Waals surface area contributed by atoms with Crippen LogP contribution in [0.3, 0.4) is 0 Å². The number of rotatable bonds is 5. The third kappa shape index (κ3) is 3.88. The maximum Gasteiger partial charge on any atom is 0.270 e. The van der Waals surface area contributed by atoms with Crippen LogP contribution < -0.4 is 5.32 Å². The number of hydrogen-bond acceptors (Lipinski definition) is 5. The number of anilines is 1. The summed E-state index contributed by atoms with van der Waals surface area (Å²) in [5, 5.41) is 13.6. The van der Waals surface area contributed by atoms with Gasteiger partial charge in [0.15, 0.2) is 5.78 Å². The molecule has 3 aromatic rings. The Hall–Kier alpha value is -3.52. The smallest absolute Gasteiger partial charge is 0.270 e. The standard InChI is InChI=1S/C21H13BrN2O5/c22-17-11-14(24(27)28)2-5-16(17)20-8-4-15(29-20)3-7-19(25)12-1-6-18-13(9-12)10-21(26)23-18/h1-9,11H,10H2,(H,23,26)/b7-3+. The highest BCUT2D eigenvalue weighted by molar-refractivity contribution is 9.10. The van der Waals surface area contributed by atoms with Crippen molar-refractivity contribution in [2.75, 3.05) is 5.32 Å². The quantitative estimate of drug-likeness (QED) is 0.253. The van der Waals surface area contributed by atoms with E-state index in [-0.39, 0.29) is 23.8 Å². The van der Waals surface area contributed by atoms with Gasteiger partial charge in [0, 0.05) is 33.4 Å². The molecule has 1 aliphatic rings. The number of ketones is 1. The van der Waals surface area contributed by atoms with Gasteiger partial charge >= 0.3 is 0 Å². The number of furan rings is 1. The maximum atomic E-state index is 12.4. The molecule has 1 amide bonds. The highest BCUT2D eigenvalue weighted by Gasteiger charge is 2.18. The van der Waals surface area contributed by atoms with E-state index in [1.807, 2.05) is 0 Å². The number of nitrogens with zero attached hydrogens (tertiary/aromatic N) is 1. The molecule has 1 aliphatic heterocycles. The van der Waals surface area contributed by atoms with Gasteiger partial charge in [-0.1, -0.05) is 0 Å². The summed E-state index contributed by atoms with van der Waals surface area (Å²) in [5.74, 6) is 0.694. The minimum absolute atomic E-state index is 0.0239. The van der Waals surface area contributed by atoms with Crippen molar-refractivity contribution in [2.45, 2.75) is 6.42 Å². The summed E-state index contributed by atoms with van der Waals surface area (Å²) >= 11 is 3.32. The van der Waals surface area contributed by atoms with E-state index < -0.39 is 4.92 Å². The highest BCUT2D eigenvalue weighted by atomic mass is 79.9. The number of nitro groups is 1. The van der Waals surface area contributed by atoms with Gasteiger partial charge in [-0.05, 0) is 70.0 Å². The summed E-state index contributed by atoms with van der Waals surface area (Å²) < 4.78 is 6.27. The van der Waals surface area contributed by atoms with Crippen molar-refractivity contribution >= 4 is 45.1 Å². The molecule has 29 heavy (non-hydrogen) atoms. The number of fused-ring (bicyclic) bond motifs is 1. The van der Waals surface area contributed by atoms with Gasteiger partial charge in [0.05, 0.1) is 11.3 Å². The number of halogens is 1. The Balaban J connectivity index is 1.51. The number of carbonyl (C=O) groups excluding carboxylic acids is 2. The van der Waals surface area contributed by atoms with Crippen LogP contribution in [0.4, 0.5) is 11.4 Å². The van der Waals surface area contributed by atoms with Crippen LogP contribution in [0.1, 0.15) is 21.7 Å². The molecule has 0 spiro atoms. The Labute approximate surface area is 173 Å². The molecule has 7 nitrogen and oxygen atoms in total. The van der Waals surface area contributed by atoms with E-state index in [2.05, 4.69) is 21.2 Å². The number of benzene rings is 2. The van der Waals surface area contributed by atoms with E-state index in [0.29, 0.717) is 27.1 Å². The molecule has 2 aromatic carbocycles. The zero-order valence-electron chi connectivity index (χ0n) is 14.8. The van der Waals surface area contributed by atoms with Gasteiger partial charge in [0.1, 0.15) is 11.5 Å². The van der Waals surface area contributed by atoms with E-state index in [9.17, 15) is 19.7 Å². The van der Waals surface area contributed by atoms with Crippen molar-refractivity contribution in [2.24, 2.45) is 0 Å². The molecule has 0 bridgehead atoms. The number of allylic oxidation sites excluding steroid dienone is 1. The summed E-state index contributed by atoms with van der Waals surface area (Å²) in [5.41, 5.74) is 2.67. The predicted molar refractivity (Wildman–Crippen MR) is 111 cm³/mol. The van der Waals surface area contributed by atoms with Crippen LogP contribution in [-0.2, 0) is 11.2 Å². The van der Waals surface area contributed by atoms with Crippen LogP contribution in [0.2, 0.25) is 0 Å². The van der Waals surface area contributed by atoms with Crippen molar-refractivity contribution < 1.29 is 18.9 Å². The van der Waals surface area contributed by atoms with Crippen molar-refractivity contribution in [1.82, 2.24) is 0 Å². The molecule has 0 aliphatic carbocycles. The highest BCUT2D eigenvalue weighted by Crippen LogP contribution is 2.33. The Morgan fingerprint density at radius 1 is 1.17 bits per heavy atom. The first kappa shape index (κ1) is 18.8. The third-order valence-corrected chi connectivity index (χ3v) is 5.13. The van der Waals surface area contributed by atoms with Crippen LogP contribution in [-0.4, -0.2) is 16.6 Å². The minimum atomic E-state index is -0.471. The molecule has 0 saturated carbocycles. The summed E-state index contributed by atoms with van der Waals surface area (Å²) in [7, 11) is 0. The van der Waals surface area contributed by atoms with Crippen LogP contribution >= 0.6 is 15.9 Å². The Bertz CT molecular complexity index is 1200. The van der Waals surface area contributed by atoms with Gasteiger partial charge in [-0.25, -0.2) is 0 Å². The first-order valence-electron chi connectivity index (χ1n) is 8.60. The average Bonchev–Trinajstić information content (AvgIpc) is 3.30. The third-order valence-electron chi connectivity index (χ3n) is 4.47. The van der Waals surface area contributed by atoms with E-state index in [4.69, 9.17) is 4.42 Å². The van der Waals surface area contributed by atoms with Gasteiger partial charge < -0.3 is 9.73 Å². The number of hydrogen-bond donors (Lipinski definition) is 1. The lowest BCUT2D eigenvalue weighted by molar-refractivity contribution is -0.384. The predicted octanol–water partition coefficient (Wildman–Crippen LogP) is 5.01. The molecule has 0 radical (unpaired) electrons. The number of amides is 1. The van der Waals surface area contributed by atoms with E-state index in [0.717, 1.165) is 11.3 Å². The van der Waals surface area contributed by atoms with Crippen LogP contribution in [0.15, 0.2) is 63.5 Å². The van der Waals surface area contributed by atoms with Gasteiger partial charge in [0.25, 0.3) is 5.69 Å². The first-order valence-corrected chi connectivity index (χ1v) is 9.39. The van der Waals surface area contributed by atoms with Crippen molar-refractivity contribution in [1.29, 1.82) is 0 Å². The number of non-ortho nitro benzene ring substituents is 1. The molecule has 144 valence electrons. The molecular weight excluding hydrogens is 440 g/mol. The van der Waals surface area contributed by atoms with Crippen LogP contribution in [0, 0.1) is 10.1 Å². The fourth-order valence-corrected chi connectivity index (χ4v) is 3.60. The molecular formula is C21H13BrN2O5. The summed E-state index contributed by atoms with van der Waals surface area (Å²) in [4.78, 5) is 34.2. The second kappa shape index (κ2) is 7.48. The Morgan fingerprint density at radius 2 is 2.00 bits per heavy atom. The Kier molecular flexibility index (Phi) is 4.85. The molecule has 0 atom stereocenters. The first-order chi connectivity index (χ1) is 13.9. The largest absolute Gasteiger partial charge is 0.457 e. The molecule has 0 fully saturated rings. The Morgan fingerprint density at radius 3 is 2.76 bits per heavy atom. The lowest BCUT2D eigenvalue weighted by Gasteiger charge is -2.01. The second-order valence-electron chi connectivity index (χ2n) is 6.42. The monoisotopic (exact) mass is 452 g/mol. The van der Waals surface area contributed by atoms with Crippen LogP contribution in [0.5, 0.6) is 0 Å². The molecule has 4 rings (SSSR count). The summed E-state index contributed by atoms with van der Waals surface area (Å²) in [6.45, 7) is 0. The van der Waals surface area contributed by atoms with Crippen molar-refractivity contribution in [3.63, 3.8) is 0 Å². The van der Waals surface area contributed by atoms with Gasteiger partial charge in [-0.3, -0.25) is 19.7 Å². The molecule has 2 heterocycles. The van der Waals surface area contributed by atoms with Crippen molar-refractivity contribution in [3.05, 3.63) is 86.1 Å². The van der Waals surface area contributed by atoms with E-state index in [1.54, 1.807) is 42.5 Å². The lowest BCUT2D eigenvalue weighted by atomic mass is 10.0.